The summed E-state index contributed by atoms with van der Waals surface area (Å²) in [4.78, 5) is 0. The molecule has 7 heavy (non-hydrogen) atoms. The predicted molar refractivity (Wildman–Crippen MR) is 37.3 cm³/mol. The summed E-state index contributed by atoms with van der Waals surface area (Å²) >= 11 is 2.17. The molecular weight excluding hydrogens is 203 g/mol. The van der Waals surface area contributed by atoms with Crippen molar-refractivity contribution in [3.05, 3.63) is 9.66 Å². The smallest absolute Gasteiger partial charge is 0.0846 e. The van der Waals surface area contributed by atoms with E-state index in [1.807, 2.05) is 0 Å². The van der Waals surface area contributed by atoms with Gasteiger partial charge in [0.1, 0.15) is 0 Å². The van der Waals surface area contributed by atoms with Gasteiger partial charge < -0.3 is 5.11 Å². The van der Waals surface area contributed by atoms with E-state index >= 15 is 0 Å². The molecule has 0 spiro atoms. The van der Waals surface area contributed by atoms with Crippen molar-refractivity contribution in [2.45, 2.75) is 18.9 Å². The van der Waals surface area contributed by atoms with E-state index < -0.39 is 0 Å². The molecule has 1 rings (SSSR count). The van der Waals surface area contributed by atoms with E-state index in [0.717, 1.165) is 16.4 Å². The van der Waals surface area contributed by atoms with Crippen LogP contribution in [0.15, 0.2) is 9.66 Å². The lowest BCUT2D eigenvalue weighted by atomic mass is 10.3. The van der Waals surface area contributed by atoms with Crippen molar-refractivity contribution in [1.82, 2.24) is 0 Å². The van der Waals surface area contributed by atoms with Crippen molar-refractivity contribution < 1.29 is 5.11 Å². The standard InChI is InChI=1S/C5H7IO/c6-4-2-1-3-5(4)7/h2,5,7H,1,3H2. The fourth-order valence-electron chi connectivity index (χ4n) is 0.653. The molecule has 0 aromatic heterocycles. The van der Waals surface area contributed by atoms with Crippen molar-refractivity contribution in [3.8, 4) is 0 Å². The predicted octanol–water partition coefficient (Wildman–Crippen LogP) is 1.46. The van der Waals surface area contributed by atoms with Gasteiger partial charge >= 0.3 is 0 Å². The molecule has 0 aromatic rings. The second-order valence-electron chi connectivity index (χ2n) is 1.68. The van der Waals surface area contributed by atoms with Gasteiger partial charge in [-0.3, -0.25) is 0 Å². The fraction of sp³-hybridized carbons (Fsp3) is 0.600. The molecule has 0 bridgehead atoms. The molecule has 0 amide bonds. The number of allylic oxidation sites excluding steroid dienone is 1. The molecule has 2 heteroatoms. The summed E-state index contributed by atoms with van der Waals surface area (Å²) in [6, 6.07) is 0. The van der Waals surface area contributed by atoms with Crippen LogP contribution in [0, 0.1) is 0 Å². The molecule has 0 heterocycles. The van der Waals surface area contributed by atoms with E-state index in [4.69, 9.17) is 5.11 Å². The molecule has 0 fully saturated rings. The Hall–Kier alpha value is 0.430. The van der Waals surface area contributed by atoms with Crippen LogP contribution in [-0.2, 0) is 0 Å². The van der Waals surface area contributed by atoms with Gasteiger partial charge in [0, 0.05) is 3.58 Å². The Morgan fingerprint density at radius 1 is 1.86 bits per heavy atom. The molecule has 1 nitrogen and oxygen atoms in total. The summed E-state index contributed by atoms with van der Waals surface area (Å²) in [7, 11) is 0. The van der Waals surface area contributed by atoms with Crippen LogP contribution in [0.3, 0.4) is 0 Å². The Morgan fingerprint density at radius 2 is 2.57 bits per heavy atom. The van der Waals surface area contributed by atoms with Gasteiger partial charge in [-0.05, 0) is 35.4 Å². The van der Waals surface area contributed by atoms with Gasteiger partial charge in [-0.1, -0.05) is 6.08 Å². The average molecular weight is 210 g/mol. The monoisotopic (exact) mass is 210 g/mol. The normalized spacial score (nSPS) is 30.6. The highest BCUT2D eigenvalue weighted by atomic mass is 127. The Bertz CT molecular complexity index is 98.3. The first-order valence-corrected chi connectivity index (χ1v) is 3.42. The van der Waals surface area contributed by atoms with Crippen LogP contribution < -0.4 is 0 Å². The number of hydrogen-bond donors (Lipinski definition) is 1. The summed E-state index contributed by atoms with van der Waals surface area (Å²) in [5, 5.41) is 8.92. The average Bonchev–Trinajstić information content (AvgIpc) is 1.91. The third kappa shape index (κ3) is 1.16. The Labute approximate surface area is 56.6 Å². The van der Waals surface area contributed by atoms with Crippen LogP contribution in [0.2, 0.25) is 0 Å². The summed E-state index contributed by atoms with van der Waals surface area (Å²) in [5.74, 6) is 0. The molecule has 1 aliphatic rings. The molecule has 0 aliphatic heterocycles. The van der Waals surface area contributed by atoms with E-state index in [-0.39, 0.29) is 6.10 Å². The molecule has 1 aliphatic carbocycles. The first-order chi connectivity index (χ1) is 3.30. The van der Waals surface area contributed by atoms with Gasteiger partial charge in [-0.25, -0.2) is 0 Å². The van der Waals surface area contributed by atoms with E-state index in [1.165, 1.54) is 0 Å². The number of rotatable bonds is 0. The van der Waals surface area contributed by atoms with E-state index in [9.17, 15) is 0 Å². The zero-order valence-corrected chi connectivity index (χ0v) is 6.05. The van der Waals surface area contributed by atoms with Gasteiger partial charge in [-0.2, -0.15) is 0 Å². The third-order valence-corrected chi connectivity index (χ3v) is 2.26. The van der Waals surface area contributed by atoms with Crippen molar-refractivity contribution in [2.75, 3.05) is 0 Å². The number of hydrogen-bond acceptors (Lipinski definition) is 1. The first kappa shape index (κ1) is 5.56. The zero-order valence-electron chi connectivity index (χ0n) is 3.89. The third-order valence-electron chi connectivity index (χ3n) is 1.10. The van der Waals surface area contributed by atoms with Gasteiger partial charge in [0.2, 0.25) is 0 Å². The summed E-state index contributed by atoms with van der Waals surface area (Å²) < 4.78 is 1.11. The molecule has 0 saturated carbocycles. The van der Waals surface area contributed by atoms with Crippen LogP contribution >= 0.6 is 22.6 Å². The minimum atomic E-state index is -0.138. The quantitative estimate of drug-likeness (QED) is 0.600. The topological polar surface area (TPSA) is 20.2 Å². The van der Waals surface area contributed by atoms with Crippen LogP contribution in [0.25, 0.3) is 0 Å². The lowest BCUT2D eigenvalue weighted by molar-refractivity contribution is 0.221. The molecule has 1 atom stereocenters. The molecule has 1 N–H and O–H groups in total. The van der Waals surface area contributed by atoms with Crippen molar-refractivity contribution in [3.63, 3.8) is 0 Å². The van der Waals surface area contributed by atoms with Crippen LogP contribution in [-0.4, -0.2) is 11.2 Å². The number of halogens is 1. The number of aliphatic hydroxyl groups is 1. The van der Waals surface area contributed by atoms with Gasteiger partial charge in [0.05, 0.1) is 6.10 Å². The van der Waals surface area contributed by atoms with Crippen molar-refractivity contribution in [2.24, 2.45) is 0 Å². The van der Waals surface area contributed by atoms with Gasteiger partial charge in [0.25, 0.3) is 0 Å². The van der Waals surface area contributed by atoms with Crippen molar-refractivity contribution in [1.29, 1.82) is 0 Å². The van der Waals surface area contributed by atoms with Crippen LogP contribution in [0.4, 0.5) is 0 Å². The second kappa shape index (κ2) is 2.13. The molecular formula is C5H7IO. The summed E-state index contributed by atoms with van der Waals surface area (Å²) in [5.41, 5.74) is 0. The molecule has 40 valence electrons. The van der Waals surface area contributed by atoms with E-state index in [2.05, 4.69) is 28.7 Å². The van der Waals surface area contributed by atoms with Crippen LogP contribution in [0.5, 0.6) is 0 Å². The van der Waals surface area contributed by atoms with Crippen LogP contribution in [0.1, 0.15) is 12.8 Å². The summed E-state index contributed by atoms with van der Waals surface area (Å²) in [6.07, 6.45) is 3.92. The largest absolute Gasteiger partial charge is 0.388 e. The minimum absolute atomic E-state index is 0.138. The fourth-order valence-corrected chi connectivity index (χ4v) is 1.28. The van der Waals surface area contributed by atoms with E-state index in [1.54, 1.807) is 0 Å². The van der Waals surface area contributed by atoms with Gasteiger partial charge in [0.15, 0.2) is 0 Å². The maximum atomic E-state index is 8.92. The second-order valence-corrected chi connectivity index (χ2v) is 2.93. The Balaban J connectivity index is 2.54. The number of aliphatic hydroxyl groups excluding tert-OH is 1. The van der Waals surface area contributed by atoms with Gasteiger partial charge in [-0.15, -0.1) is 0 Å². The summed E-state index contributed by atoms with van der Waals surface area (Å²) in [6.45, 7) is 0. The Morgan fingerprint density at radius 3 is 2.71 bits per heavy atom. The lowest BCUT2D eigenvalue weighted by Crippen LogP contribution is -1.97. The SMILES string of the molecule is OC1CCC=C1I. The highest BCUT2D eigenvalue weighted by Crippen LogP contribution is 2.23. The highest BCUT2D eigenvalue weighted by molar-refractivity contribution is 14.1. The first-order valence-electron chi connectivity index (χ1n) is 2.34. The Kier molecular flexibility index (Phi) is 1.69. The molecule has 0 saturated heterocycles. The van der Waals surface area contributed by atoms with Crippen molar-refractivity contribution >= 4 is 22.6 Å². The molecule has 1 unspecified atom stereocenters. The molecule has 0 radical (unpaired) electrons. The highest BCUT2D eigenvalue weighted by Gasteiger charge is 2.11. The zero-order chi connectivity index (χ0) is 5.28. The maximum Gasteiger partial charge on any atom is 0.0846 e. The lowest BCUT2D eigenvalue weighted by Gasteiger charge is -1.96. The maximum absolute atomic E-state index is 8.92. The molecule has 0 aromatic carbocycles. The van der Waals surface area contributed by atoms with E-state index in [0.29, 0.717) is 0 Å². The minimum Gasteiger partial charge on any atom is -0.388 e.